The van der Waals surface area contributed by atoms with E-state index in [0.717, 1.165) is 10.9 Å². The molecule has 0 aliphatic carbocycles. The van der Waals surface area contributed by atoms with Crippen molar-refractivity contribution in [3.8, 4) is 0 Å². The number of esters is 1. The summed E-state index contributed by atoms with van der Waals surface area (Å²) in [6.45, 7) is 3.80. The van der Waals surface area contributed by atoms with Crippen molar-refractivity contribution in [2.24, 2.45) is 0 Å². The molecule has 0 atom stereocenters. The number of fused-ring (bicyclic) bond motifs is 1. The van der Waals surface area contributed by atoms with E-state index in [1.807, 2.05) is 32.1 Å². The molecule has 0 saturated heterocycles. The van der Waals surface area contributed by atoms with E-state index < -0.39 is 11.6 Å². The Morgan fingerprint density at radius 3 is 2.86 bits per heavy atom. The van der Waals surface area contributed by atoms with Crippen LogP contribution in [-0.4, -0.2) is 5.97 Å². The smallest absolute Gasteiger partial charge is 0.336 e. The van der Waals surface area contributed by atoms with Gasteiger partial charge >= 0.3 is 11.6 Å². The van der Waals surface area contributed by atoms with Crippen LogP contribution >= 0.6 is 0 Å². The molecular weight excluding hydrogens is 268 g/mol. The van der Waals surface area contributed by atoms with E-state index in [0.29, 0.717) is 11.1 Å². The summed E-state index contributed by atoms with van der Waals surface area (Å²) in [5.74, 6) is -0.457. The second kappa shape index (κ2) is 6.70. The molecule has 2 aromatic rings. The van der Waals surface area contributed by atoms with Crippen LogP contribution in [0.15, 0.2) is 57.8 Å². The van der Waals surface area contributed by atoms with Gasteiger partial charge in [-0.2, -0.15) is 0 Å². The molecule has 2 rings (SSSR count). The van der Waals surface area contributed by atoms with Gasteiger partial charge in [0.1, 0.15) is 12.2 Å². The minimum absolute atomic E-state index is 0.0319. The summed E-state index contributed by atoms with van der Waals surface area (Å²) < 4.78 is 10.3. The van der Waals surface area contributed by atoms with Crippen molar-refractivity contribution in [3.63, 3.8) is 0 Å². The molecule has 4 nitrogen and oxygen atoms in total. The zero-order chi connectivity index (χ0) is 15.2. The Morgan fingerprint density at radius 1 is 1.29 bits per heavy atom. The molecule has 0 saturated carbocycles. The Balaban J connectivity index is 2.22. The highest BCUT2D eigenvalue weighted by molar-refractivity contribution is 5.83. The molecule has 1 aromatic heterocycles. The second-order valence-electron chi connectivity index (χ2n) is 4.58. The number of benzene rings is 1. The zero-order valence-electron chi connectivity index (χ0n) is 12.0. The van der Waals surface area contributed by atoms with Crippen molar-refractivity contribution >= 4 is 16.9 Å². The fourth-order valence-corrected chi connectivity index (χ4v) is 1.90. The Labute approximate surface area is 122 Å². The standard InChI is InChI=1S/C17H16O4/c1-3-4-5-6-16(18)20-11-13-10-17(19)21-15-9-12(2)7-8-14(13)15/h3-10H,11H2,1-2H3. The van der Waals surface area contributed by atoms with Crippen molar-refractivity contribution in [1.29, 1.82) is 0 Å². The highest BCUT2D eigenvalue weighted by Crippen LogP contribution is 2.19. The summed E-state index contributed by atoms with van der Waals surface area (Å²) in [6.07, 6.45) is 6.47. The van der Waals surface area contributed by atoms with Gasteiger partial charge in [0.2, 0.25) is 0 Å². The third kappa shape index (κ3) is 3.92. The van der Waals surface area contributed by atoms with Gasteiger partial charge in [0, 0.05) is 23.1 Å². The first-order valence-electron chi connectivity index (χ1n) is 6.59. The first-order valence-corrected chi connectivity index (χ1v) is 6.59. The first kappa shape index (κ1) is 14.8. The van der Waals surface area contributed by atoms with E-state index >= 15 is 0 Å². The molecule has 21 heavy (non-hydrogen) atoms. The quantitative estimate of drug-likeness (QED) is 0.374. The molecule has 0 spiro atoms. The maximum Gasteiger partial charge on any atom is 0.336 e. The zero-order valence-corrected chi connectivity index (χ0v) is 12.0. The van der Waals surface area contributed by atoms with Crippen molar-refractivity contribution in [2.75, 3.05) is 0 Å². The second-order valence-corrected chi connectivity index (χ2v) is 4.58. The number of carbonyl (C=O) groups excluding carboxylic acids is 1. The van der Waals surface area contributed by atoms with Crippen LogP contribution in [-0.2, 0) is 16.1 Å². The van der Waals surface area contributed by atoms with Crippen molar-refractivity contribution in [1.82, 2.24) is 0 Å². The van der Waals surface area contributed by atoms with Crippen molar-refractivity contribution in [3.05, 3.63) is 70.1 Å². The van der Waals surface area contributed by atoms with Crippen LogP contribution in [0.2, 0.25) is 0 Å². The maximum absolute atomic E-state index is 11.5. The van der Waals surface area contributed by atoms with E-state index in [2.05, 4.69) is 0 Å². The summed E-state index contributed by atoms with van der Waals surface area (Å²) in [7, 11) is 0. The van der Waals surface area contributed by atoms with Gasteiger partial charge in [-0.25, -0.2) is 9.59 Å². The Morgan fingerprint density at radius 2 is 2.10 bits per heavy atom. The van der Waals surface area contributed by atoms with Crippen LogP contribution in [0.25, 0.3) is 11.0 Å². The van der Waals surface area contributed by atoms with E-state index in [9.17, 15) is 9.59 Å². The van der Waals surface area contributed by atoms with Crippen LogP contribution in [0, 0.1) is 6.92 Å². The van der Waals surface area contributed by atoms with Gasteiger partial charge in [-0.05, 0) is 25.5 Å². The molecule has 1 aromatic carbocycles. The van der Waals surface area contributed by atoms with Crippen molar-refractivity contribution < 1.29 is 13.9 Å². The number of hydrogen-bond acceptors (Lipinski definition) is 4. The Bertz CT molecular complexity index is 766. The van der Waals surface area contributed by atoms with Gasteiger partial charge in [-0.3, -0.25) is 0 Å². The summed E-state index contributed by atoms with van der Waals surface area (Å²) in [4.78, 5) is 23.1. The largest absolute Gasteiger partial charge is 0.458 e. The maximum atomic E-state index is 11.5. The lowest BCUT2D eigenvalue weighted by molar-refractivity contribution is -0.138. The molecule has 0 aliphatic heterocycles. The number of aryl methyl sites for hydroxylation is 1. The number of carbonyl (C=O) groups is 1. The SMILES string of the molecule is CC=CC=CC(=O)OCc1cc(=O)oc2cc(C)ccc12. The fourth-order valence-electron chi connectivity index (χ4n) is 1.90. The highest BCUT2D eigenvalue weighted by Gasteiger charge is 2.07. The Hall–Kier alpha value is -2.62. The third-order valence-corrected chi connectivity index (χ3v) is 2.89. The number of allylic oxidation sites excluding steroid dienone is 3. The fraction of sp³-hybridized carbons (Fsp3) is 0.176. The predicted molar refractivity (Wildman–Crippen MR) is 81.0 cm³/mol. The molecule has 0 radical (unpaired) electrons. The highest BCUT2D eigenvalue weighted by atomic mass is 16.5. The van der Waals surface area contributed by atoms with E-state index in [4.69, 9.17) is 9.15 Å². The van der Waals surface area contributed by atoms with Gasteiger partial charge in [0.25, 0.3) is 0 Å². The van der Waals surface area contributed by atoms with E-state index in [1.165, 1.54) is 12.1 Å². The van der Waals surface area contributed by atoms with Crippen molar-refractivity contribution in [2.45, 2.75) is 20.5 Å². The molecule has 4 heteroatoms. The van der Waals surface area contributed by atoms with Gasteiger partial charge < -0.3 is 9.15 Å². The minimum atomic E-state index is -0.457. The summed E-state index contributed by atoms with van der Waals surface area (Å²) in [6, 6.07) is 6.90. The Kier molecular flexibility index (Phi) is 4.72. The molecule has 1 heterocycles. The molecule has 0 N–H and O–H groups in total. The molecule has 0 aliphatic rings. The van der Waals surface area contributed by atoms with Gasteiger partial charge in [0.05, 0.1) is 0 Å². The van der Waals surface area contributed by atoms with Crippen LogP contribution in [0.5, 0.6) is 0 Å². The monoisotopic (exact) mass is 284 g/mol. The van der Waals surface area contributed by atoms with Crippen LogP contribution in [0.4, 0.5) is 0 Å². The molecule has 0 amide bonds. The lowest BCUT2D eigenvalue weighted by Gasteiger charge is -2.06. The summed E-state index contributed by atoms with van der Waals surface area (Å²) in [5, 5.41) is 0.769. The molecular formula is C17H16O4. The van der Waals surface area contributed by atoms with E-state index in [-0.39, 0.29) is 6.61 Å². The molecule has 0 bridgehead atoms. The van der Waals surface area contributed by atoms with E-state index in [1.54, 1.807) is 18.2 Å². The minimum Gasteiger partial charge on any atom is -0.458 e. The predicted octanol–water partition coefficient (Wildman–Crippen LogP) is 3.28. The summed E-state index contributed by atoms with van der Waals surface area (Å²) >= 11 is 0. The average Bonchev–Trinajstić information content (AvgIpc) is 2.44. The van der Waals surface area contributed by atoms with Gasteiger partial charge in [0.15, 0.2) is 0 Å². The number of hydrogen-bond donors (Lipinski definition) is 0. The molecule has 0 fully saturated rings. The summed E-state index contributed by atoms with van der Waals surface area (Å²) in [5.41, 5.74) is 1.67. The van der Waals surface area contributed by atoms with Crippen LogP contribution in [0.1, 0.15) is 18.1 Å². The van der Waals surface area contributed by atoms with Gasteiger partial charge in [-0.1, -0.05) is 30.4 Å². The lowest BCUT2D eigenvalue weighted by atomic mass is 10.1. The normalized spacial score (nSPS) is 11.5. The lowest BCUT2D eigenvalue weighted by Crippen LogP contribution is -2.05. The van der Waals surface area contributed by atoms with Crippen LogP contribution in [0.3, 0.4) is 0 Å². The number of rotatable bonds is 4. The van der Waals surface area contributed by atoms with Crippen LogP contribution < -0.4 is 5.63 Å². The number of ether oxygens (including phenoxy) is 1. The first-order chi connectivity index (χ1) is 10.1. The molecule has 108 valence electrons. The third-order valence-electron chi connectivity index (χ3n) is 2.89. The molecule has 0 unspecified atom stereocenters. The average molecular weight is 284 g/mol. The topological polar surface area (TPSA) is 56.5 Å². The van der Waals surface area contributed by atoms with Gasteiger partial charge in [-0.15, -0.1) is 0 Å².